The van der Waals surface area contributed by atoms with Crippen molar-refractivity contribution in [2.75, 3.05) is 0 Å². The van der Waals surface area contributed by atoms with Crippen LogP contribution < -0.4 is 11.3 Å². The van der Waals surface area contributed by atoms with Gasteiger partial charge in [-0.25, -0.2) is 5.43 Å². The molecule has 7 heteroatoms. The Morgan fingerprint density at radius 1 is 1.50 bits per heavy atom. The summed E-state index contributed by atoms with van der Waals surface area (Å²) < 4.78 is 8.48. The molecule has 1 unspecified atom stereocenters. The van der Waals surface area contributed by atoms with E-state index in [1.165, 1.54) is 0 Å². The highest BCUT2D eigenvalue weighted by Gasteiger charge is 2.18. The summed E-state index contributed by atoms with van der Waals surface area (Å²) in [5.41, 5.74) is 4.45. The molecule has 0 amide bonds. The third-order valence-corrected chi connectivity index (χ3v) is 3.75. The molecule has 20 heavy (non-hydrogen) atoms. The van der Waals surface area contributed by atoms with Gasteiger partial charge in [0.25, 0.3) is 0 Å². The Morgan fingerprint density at radius 2 is 2.35 bits per heavy atom. The van der Waals surface area contributed by atoms with Gasteiger partial charge in [0.05, 0.1) is 16.2 Å². The summed E-state index contributed by atoms with van der Waals surface area (Å²) in [5, 5.41) is 9.02. The quantitative estimate of drug-likeness (QED) is 0.563. The number of hydrogen-bond donors (Lipinski definition) is 2. The van der Waals surface area contributed by atoms with Crippen molar-refractivity contribution in [1.82, 2.24) is 20.4 Å². The number of nitrogens with one attached hydrogen (secondary N) is 1. The van der Waals surface area contributed by atoms with Crippen LogP contribution in [0.5, 0.6) is 0 Å². The monoisotopic (exact) mass is 335 g/mol. The summed E-state index contributed by atoms with van der Waals surface area (Å²) >= 11 is 3.48. The predicted molar refractivity (Wildman–Crippen MR) is 78.7 cm³/mol. The average Bonchev–Trinajstić information content (AvgIpc) is 3.03. The standard InChI is InChI=1S/C13H14BrN5O/c1-19-7-9(17-18-19)6-11(16-15)12-5-8-3-2-4-10(14)13(8)20-12/h2-5,7,11,16H,6,15H2,1H3. The Morgan fingerprint density at radius 3 is 3.00 bits per heavy atom. The van der Waals surface area contributed by atoms with Crippen molar-refractivity contribution in [2.24, 2.45) is 12.9 Å². The van der Waals surface area contributed by atoms with Gasteiger partial charge in [0.15, 0.2) is 0 Å². The molecule has 3 aromatic rings. The van der Waals surface area contributed by atoms with Gasteiger partial charge in [0, 0.05) is 25.1 Å². The lowest BCUT2D eigenvalue weighted by molar-refractivity contribution is 0.431. The van der Waals surface area contributed by atoms with Crippen molar-refractivity contribution in [3.05, 3.63) is 46.4 Å². The fourth-order valence-electron chi connectivity index (χ4n) is 2.16. The van der Waals surface area contributed by atoms with Crippen molar-refractivity contribution in [3.8, 4) is 0 Å². The Kier molecular flexibility index (Phi) is 3.56. The lowest BCUT2D eigenvalue weighted by atomic mass is 10.1. The van der Waals surface area contributed by atoms with E-state index in [-0.39, 0.29) is 6.04 Å². The number of nitrogens with zero attached hydrogens (tertiary/aromatic N) is 3. The first kappa shape index (κ1) is 13.3. The number of halogens is 1. The zero-order valence-electron chi connectivity index (χ0n) is 10.9. The van der Waals surface area contributed by atoms with Crippen LogP contribution in [0.3, 0.4) is 0 Å². The topological polar surface area (TPSA) is 81.9 Å². The van der Waals surface area contributed by atoms with E-state index in [9.17, 15) is 0 Å². The van der Waals surface area contributed by atoms with E-state index >= 15 is 0 Å². The lowest BCUT2D eigenvalue weighted by Gasteiger charge is -2.10. The maximum Gasteiger partial charge on any atom is 0.148 e. The van der Waals surface area contributed by atoms with Gasteiger partial charge in [-0.15, -0.1) is 5.10 Å². The molecule has 104 valence electrons. The van der Waals surface area contributed by atoms with Gasteiger partial charge < -0.3 is 4.42 Å². The van der Waals surface area contributed by atoms with E-state index in [4.69, 9.17) is 10.3 Å². The van der Waals surface area contributed by atoms with Crippen LogP contribution in [0.1, 0.15) is 17.5 Å². The summed E-state index contributed by atoms with van der Waals surface area (Å²) in [4.78, 5) is 0. The molecule has 1 atom stereocenters. The molecule has 0 aliphatic carbocycles. The Balaban J connectivity index is 1.92. The van der Waals surface area contributed by atoms with Gasteiger partial charge in [0.2, 0.25) is 0 Å². The molecule has 0 aliphatic rings. The van der Waals surface area contributed by atoms with Crippen LogP contribution >= 0.6 is 15.9 Å². The lowest BCUT2D eigenvalue weighted by Crippen LogP contribution is -2.29. The zero-order chi connectivity index (χ0) is 14.1. The maximum atomic E-state index is 5.89. The number of aryl methyl sites for hydroxylation is 1. The second-order valence-corrected chi connectivity index (χ2v) is 5.47. The molecule has 1 aromatic carbocycles. The number of aromatic nitrogens is 3. The zero-order valence-corrected chi connectivity index (χ0v) is 12.5. The molecule has 2 heterocycles. The van der Waals surface area contributed by atoms with E-state index < -0.39 is 0 Å². The van der Waals surface area contributed by atoms with Gasteiger partial charge in [-0.05, 0) is 28.1 Å². The normalized spacial score (nSPS) is 12.9. The van der Waals surface area contributed by atoms with Crippen molar-refractivity contribution in [1.29, 1.82) is 0 Å². The number of benzene rings is 1. The predicted octanol–water partition coefficient (Wildman–Crippen LogP) is 2.07. The van der Waals surface area contributed by atoms with Crippen LogP contribution in [0, 0.1) is 0 Å². The van der Waals surface area contributed by atoms with E-state index in [2.05, 4.69) is 31.7 Å². The number of para-hydroxylation sites is 1. The van der Waals surface area contributed by atoms with Crippen LogP contribution in [-0.2, 0) is 13.5 Å². The third-order valence-electron chi connectivity index (χ3n) is 3.12. The fourth-order valence-corrected chi connectivity index (χ4v) is 2.62. The molecular formula is C13H14BrN5O. The minimum Gasteiger partial charge on any atom is -0.458 e. The molecule has 3 N–H and O–H groups in total. The number of rotatable bonds is 4. The summed E-state index contributed by atoms with van der Waals surface area (Å²) in [7, 11) is 1.83. The fraction of sp³-hybridized carbons (Fsp3) is 0.231. The first-order chi connectivity index (χ1) is 9.67. The molecule has 0 fully saturated rings. The molecule has 6 nitrogen and oxygen atoms in total. The molecule has 0 saturated carbocycles. The highest BCUT2D eigenvalue weighted by atomic mass is 79.9. The van der Waals surface area contributed by atoms with Gasteiger partial charge in [-0.2, -0.15) is 0 Å². The van der Waals surface area contributed by atoms with Crippen LogP contribution in [-0.4, -0.2) is 15.0 Å². The third kappa shape index (κ3) is 2.47. The van der Waals surface area contributed by atoms with E-state index in [0.717, 1.165) is 26.9 Å². The number of fused-ring (bicyclic) bond motifs is 1. The van der Waals surface area contributed by atoms with Crippen molar-refractivity contribution in [3.63, 3.8) is 0 Å². The Labute approximate surface area is 124 Å². The number of furan rings is 1. The first-order valence-corrected chi connectivity index (χ1v) is 6.96. The van der Waals surface area contributed by atoms with Crippen LogP contribution in [0.2, 0.25) is 0 Å². The second-order valence-electron chi connectivity index (χ2n) is 4.61. The van der Waals surface area contributed by atoms with E-state index in [0.29, 0.717) is 6.42 Å². The summed E-state index contributed by atoms with van der Waals surface area (Å²) in [6, 6.07) is 7.76. The van der Waals surface area contributed by atoms with Crippen molar-refractivity contribution in [2.45, 2.75) is 12.5 Å². The van der Waals surface area contributed by atoms with Crippen LogP contribution in [0.4, 0.5) is 0 Å². The Bertz CT molecular complexity index is 735. The largest absolute Gasteiger partial charge is 0.458 e. The maximum absolute atomic E-state index is 5.89. The SMILES string of the molecule is Cn1cc(CC(NN)c2cc3cccc(Br)c3o2)nn1. The van der Waals surface area contributed by atoms with Crippen molar-refractivity contribution < 1.29 is 4.42 Å². The number of nitrogens with two attached hydrogens (primary N) is 1. The molecule has 3 rings (SSSR count). The first-order valence-electron chi connectivity index (χ1n) is 6.16. The highest BCUT2D eigenvalue weighted by Crippen LogP contribution is 2.30. The van der Waals surface area contributed by atoms with Gasteiger partial charge in [-0.3, -0.25) is 10.5 Å². The van der Waals surface area contributed by atoms with Gasteiger partial charge >= 0.3 is 0 Å². The minimum absolute atomic E-state index is 0.147. The summed E-state index contributed by atoms with van der Waals surface area (Å²) in [5.74, 6) is 6.42. The smallest absolute Gasteiger partial charge is 0.148 e. The highest BCUT2D eigenvalue weighted by molar-refractivity contribution is 9.10. The van der Waals surface area contributed by atoms with Gasteiger partial charge in [0.1, 0.15) is 11.3 Å². The van der Waals surface area contributed by atoms with E-state index in [1.54, 1.807) is 4.68 Å². The van der Waals surface area contributed by atoms with Gasteiger partial charge in [-0.1, -0.05) is 17.3 Å². The van der Waals surface area contributed by atoms with E-state index in [1.807, 2.05) is 37.5 Å². The molecule has 0 spiro atoms. The molecule has 0 bridgehead atoms. The Hall–Kier alpha value is -1.70. The summed E-state index contributed by atoms with van der Waals surface area (Å²) in [6.45, 7) is 0. The number of hydrogen-bond acceptors (Lipinski definition) is 5. The summed E-state index contributed by atoms with van der Waals surface area (Å²) in [6.07, 6.45) is 2.48. The van der Waals surface area contributed by atoms with Crippen molar-refractivity contribution >= 4 is 26.9 Å². The second kappa shape index (κ2) is 5.35. The van der Waals surface area contributed by atoms with Crippen LogP contribution in [0.15, 0.2) is 39.4 Å². The molecular weight excluding hydrogens is 322 g/mol. The molecule has 2 aromatic heterocycles. The number of hydrazine groups is 1. The molecule has 0 saturated heterocycles. The molecule has 0 radical (unpaired) electrons. The van der Waals surface area contributed by atoms with Crippen LogP contribution in [0.25, 0.3) is 11.0 Å². The minimum atomic E-state index is -0.147. The average molecular weight is 336 g/mol. The molecule has 0 aliphatic heterocycles.